The highest BCUT2D eigenvalue weighted by molar-refractivity contribution is 6.00. The van der Waals surface area contributed by atoms with Crippen molar-refractivity contribution in [2.75, 3.05) is 42.6 Å². The number of carbonyl (C=O) groups is 2. The molecule has 2 fully saturated rings. The minimum atomic E-state index is -0.318. The van der Waals surface area contributed by atoms with Gasteiger partial charge in [0.05, 0.1) is 19.1 Å². The van der Waals surface area contributed by atoms with E-state index in [1.54, 1.807) is 4.90 Å². The molecule has 1 atom stereocenters. The fourth-order valence-corrected chi connectivity index (χ4v) is 4.69. The number of aromatic nitrogens is 1. The molecule has 1 aliphatic carbocycles. The molecular weight excluding hydrogens is 392 g/mol. The summed E-state index contributed by atoms with van der Waals surface area (Å²) in [6, 6.07) is 10.3. The molecule has 2 amide bonds. The van der Waals surface area contributed by atoms with E-state index in [4.69, 9.17) is 4.74 Å². The average Bonchev–Trinajstić information content (AvgIpc) is 3.44. The van der Waals surface area contributed by atoms with Crippen LogP contribution in [0.3, 0.4) is 0 Å². The van der Waals surface area contributed by atoms with Crippen molar-refractivity contribution in [1.82, 2.24) is 10.3 Å². The van der Waals surface area contributed by atoms with E-state index in [2.05, 4.69) is 27.3 Å². The lowest BCUT2D eigenvalue weighted by molar-refractivity contribution is -0.126. The maximum Gasteiger partial charge on any atom is 0.227 e. The number of pyridine rings is 1. The fraction of sp³-hybridized carbons (Fsp3) is 0.458. The van der Waals surface area contributed by atoms with E-state index in [0.29, 0.717) is 13.1 Å². The van der Waals surface area contributed by atoms with Crippen LogP contribution in [-0.2, 0) is 33.7 Å². The first-order valence-electron chi connectivity index (χ1n) is 11.1. The van der Waals surface area contributed by atoms with Crippen LogP contribution in [-0.4, -0.2) is 49.6 Å². The Morgan fingerprint density at radius 3 is 2.77 bits per heavy atom. The van der Waals surface area contributed by atoms with Crippen molar-refractivity contribution in [1.29, 1.82) is 0 Å². The number of carbonyl (C=O) groups excluding carboxylic acids is 2. The van der Waals surface area contributed by atoms with Gasteiger partial charge in [0.1, 0.15) is 5.82 Å². The zero-order valence-corrected chi connectivity index (χ0v) is 17.7. The molecule has 3 heterocycles. The molecule has 2 aliphatic heterocycles. The molecule has 7 heteroatoms. The number of anilines is 2. The lowest BCUT2D eigenvalue weighted by atomic mass is 10.1. The van der Waals surface area contributed by atoms with Gasteiger partial charge in [-0.05, 0) is 54.2 Å². The molecule has 2 saturated heterocycles. The van der Waals surface area contributed by atoms with Crippen LogP contribution in [0, 0.1) is 5.92 Å². The van der Waals surface area contributed by atoms with Crippen LogP contribution >= 0.6 is 0 Å². The molecule has 162 valence electrons. The Bertz CT molecular complexity index is 969. The lowest BCUT2D eigenvalue weighted by Gasteiger charge is -2.27. The van der Waals surface area contributed by atoms with E-state index in [0.717, 1.165) is 56.2 Å². The normalized spacial score (nSPS) is 20.8. The summed E-state index contributed by atoms with van der Waals surface area (Å²) in [5.41, 5.74) is 4.60. The second kappa shape index (κ2) is 8.67. The number of morpholine rings is 1. The number of benzene rings is 1. The highest BCUT2D eigenvalue weighted by atomic mass is 16.5. The summed E-state index contributed by atoms with van der Waals surface area (Å²) >= 11 is 0. The topological polar surface area (TPSA) is 74.8 Å². The largest absolute Gasteiger partial charge is 0.378 e. The zero-order chi connectivity index (χ0) is 21.2. The van der Waals surface area contributed by atoms with Gasteiger partial charge in [0, 0.05) is 44.5 Å². The average molecular weight is 421 g/mol. The summed E-state index contributed by atoms with van der Waals surface area (Å²) < 4.78 is 5.38. The molecule has 0 spiro atoms. The van der Waals surface area contributed by atoms with Gasteiger partial charge in [0.15, 0.2) is 0 Å². The van der Waals surface area contributed by atoms with E-state index in [1.807, 2.05) is 24.4 Å². The Morgan fingerprint density at radius 1 is 1.13 bits per heavy atom. The Balaban J connectivity index is 1.16. The van der Waals surface area contributed by atoms with Crippen molar-refractivity contribution < 1.29 is 14.3 Å². The number of hydrogen-bond donors (Lipinski definition) is 1. The van der Waals surface area contributed by atoms with Gasteiger partial charge in [-0.1, -0.05) is 12.1 Å². The minimum Gasteiger partial charge on any atom is -0.378 e. The molecule has 31 heavy (non-hydrogen) atoms. The maximum absolute atomic E-state index is 12.7. The molecule has 3 aliphatic rings. The van der Waals surface area contributed by atoms with E-state index < -0.39 is 0 Å². The molecule has 1 N–H and O–H groups in total. The monoisotopic (exact) mass is 420 g/mol. The summed E-state index contributed by atoms with van der Waals surface area (Å²) in [7, 11) is 0. The quantitative estimate of drug-likeness (QED) is 0.802. The summed E-state index contributed by atoms with van der Waals surface area (Å²) in [5.74, 6) is 0.565. The van der Waals surface area contributed by atoms with Crippen LogP contribution in [0.2, 0.25) is 0 Å². The van der Waals surface area contributed by atoms with Crippen LogP contribution < -0.4 is 15.1 Å². The Morgan fingerprint density at radius 2 is 1.97 bits per heavy atom. The summed E-state index contributed by atoms with van der Waals surface area (Å²) in [4.78, 5) is 33.8. The summed E-state index contributed by atoms with van der Waals surface area (Å²) in [5, 5.41) is 2.98. The van der Waals surface area contributed by atoms with Crippen molar-refractivity contribution in [2.45, 2.75) is 32.2 Å². The molecule has 0 saturated carbocycles. The van der Waals surface area contributed by atoms with Gasteiger partial charge in [-0.2, -0.15) is 0 Å². The third-order valence-corrected chi connectivity index (χ3v) is 6.50. The number of amides is 2. The molecular formula is C24H28N4O3. The summed E-state index contributed by atoms with van der Waals surface area (Å²) in [6.07, 6.45) is 5.45. The standard InChI is InChI=1S/C24H28N4O3/c29-23-13-20(16-28(23)21-6-5-18-2-1-3-19(18)12-21)24(30)26-15-17-4-7-22(25-14-17)27-8-10-31-11-9-27/h4-7,12,14,20H,1-3,8-11,13,15-16H2,(H,26,30). The molecule has 1 aromatic heterocycles. The van der Waals surface area contributed by atoms with Gasteiger partial charge in [-0.25, -0.2) is 4.98 Å². The number of nitrogens with one attached hydrogen (secondary N) is 1. The lowest BCUT2D eigenvalue weighted by Crippen LogP contribution is -2.36. The molecule has 5 rings (SSSR count). The first-order chi connectivity index (χ1) is 15.2. The van der Waals surface area contributed by atoms with Crippen molar-refractivity contribution in [3.8, 4) is 0 Å². The molecule has 0 bridgehead atoms. The molecule has 1 aromatic carbocycles. The number of rotatable bonds is 5. The fourth-order valence-electron chi connectivity index (χ4n) is 4.69. The predicted molar refractivity (Wildman–Crippen MR) is 118 cm³/mol. The number of ether oxygens (including phenoxy) is 1. The molecule has 2 aromatic rings. The van der Waals surface area contributed by atoms with E-state index in [9.17, 15) is 9.59 Å². The Kier molecular flexibility index (Phi) is 5.59. The molecule has 1 unspecified atom stereocenters. The van der Waals surface area contributed by atoms with Gasteiger partial charge in [-0.15, -0.1) is 0 Å². The highest BCUT2D eigenvalue weighted by Gasteiger charge is 2.35. The third kappa shape index (κ3) is 4.28. The first kappa shape index (κ1) is 20.0. The maximum atomic E-state index is 12.7. The molecule has 7 nitrogen and oxygen atoms in total. The number of nitrogens with zero attached hydrogens (tertiary/aromatic N) is 3. The second-order valence-electron chi connectivity index (χ2n) is 8.55. The van der Waals surface area contributed by atoms with Gasteiger partial charge in [0.25, 0.3) is 0 Å². The highest BCUT2D eigenvalue weighted by Crippen LogP contribution is 2.30. The first-order valence-corrected chi connectivity index (χ1v) is 11.1. The van der Waals surface area contributed by atoms with Crippen LogP contribution in [0.15, 0.2) is 36.5 Å². The van der Waals surface area contributed by atoms with Crippen LogP contribution in [0.1, 0.15) is 29.5 Å². The van der Waals surface area contributed by atoms with Crippen LogP contribution in [0.4, 0.5) is 11.5 Å². The predicted octanol–water partition coefficient (Wildman–Crippen LogP) is 2.08. The van der Waals surface area contributed by atoms with Crippen LogP contribution in [0.5, 0.6) is 0 Å². The number of aryl methyl sites for hydroxylation is 2. The third-order valence-electron chi connectivity index (χ3n) is 6.50. The van der Waals surface area contributed by atoms with Crippen molar-refractivity contribution in [3.05, 3.63) is 53.2 Å². The summed E-state index contributed by atoms with van der Waals surface area (Å²) in [6.45, 7) is 4.00. The zero-order valence-electron chi connectivity index (χ0n) is 17.7. The molecule has 0 radical (unpaired) electrons. The Hall–Kier alpha value is -2.93. The van der Waals surface area contributed by atoms with Crippen LogP contribution in [0.25, 0.3) is 0 Å². The van der Waals surface area contributed by atoms with Crippen molar-refractivity contribution >= 4 is 23.3 Å². The SMILES string of the molecule is O=C(NCc1ccc(N2CCOCC2)nc1)C1CC(=O)N(c2ccc3c(c2)CCC3)C1. The van der Waals surface area contributed by atoms with Crippen molar-refractivity contribution in [3.63, 3.8) is 0 Å². The second-order valence-corrected chi connectivity index (χ2v) is 8.55. The minimum absolute atomic E-state index is 0.0228. The van der Waals surface area contributed by atoms with Gasteiger partial charge in [-0.3, -0.25) is 9.59 Å². The Labute approximate surface area is 182 Å². The van der Waals surface area contributed by atoms with Gasteiger partial charge >= 0.3 is 0 Å². The van der Waals surface area contributed by atoms with E-state index >= 15 is 0 Å². The van der Waals surface area contributed by atoms with E-state index in [1.165, 1.54) is 17.5 Å². The van der Waals surface area contributed by atoms with Crippen molar-refractivity contribution in [2.24, 2.45) is 5.92 Å². The van der Waals surface area contributed by atoms with Gasteiger partial charge < -0.3 is 19.9 Å². The smallest absolute Gasteiger partial charge is 0.227 e. The van der Waals surface area contributed by atoms with E-state index in [-0.39, 0.29) is 24.2 Å². The number of fused-ring (bicyclic) bond motifs is 1. The number of hydrogen-bond acceptors (Lipinski definition) is 5. The van der Waals surface area contributed by atoms with Gasteiger partial charge in [0.2, 0.25) is 11.8 Å².